The van der Waals surface area contributed by atoms with Gasteiger partial charge in [-0.1, -0.05) is 49.6 Å². The average molecular weight is 462 g/mol. The molecule has 0 saturated heterocycles. The van der Waals surface area contributed by atoms with Crippen LogP contribution in [0.15, 0.2) is 78.0 Å². The average Bonchev–Trinajstić information content (AvgIpc) is 3.32. The first kappa shape index (κ1) is 21.3. The smallest absolute Gasteiger partial charge is 0.150 e. The molecule has 7 nitrogen and oxygen atoms in total. The van der Waals surface area contributed by atoms with Crippen LogP contribution >= 0.6 is 0 Å². The summed E-state index contributed by atoms with van der Waals surface area (Å²) in [6.45, 7) is 0. The number of hydrogen-bond donors (Lipinski definition) is 2. The van der Waals surface area contributed by atoms with Crippen molar-refractivity contribution in [1.82, 2.24) is 19.5 Å². The topological polar surface area (TPSA) is 108 Å². The van der Waals surface area contributed by atoms with Gasteiger partial charge in [-0.05, 0) is 49.2 Å². The van der Waals surface area contributed by atoms with Crippen molar-refractivity contribution >= 4 is 27.9 Å². The summed E-state index contributed by atoms with van der Waals surface area (Å²) >= 11 is 0. The standard InChI is InChI=1S/C28H27N7/c29-27(34-30)19-12-14-26-24(15-19)33-28(35(26)21-9-5-2-6-10-21)20-11-13-22-23(16-20)31-17-25(32-22)18-7-3-1-4-8-18/h1,3-4,7-8,11-17,21H,2,5-6,9-10,30H2,(H2,29,34). The van der Waals surface area contributed by atoms with Crippen molar-refractivity contribution in [3.8, 4) is 22.6 Å². The highest BCUT2D eigenvalue weighted by Crippen LogP contribution is 2.36. The van der Waals surface area contributed by atoms with Crippen LogP contribution in [-0.2, 0) is 0 Å². The lowest BCUT2D eigenvalue weighted by atomic mass is 9.94. The van der Waals surface area contributed by atoms with Crippen LogP contribution in [-0.4, -0.2) is 25.4 Å². The molecular weight excluding hydrogens is 434 g/mol. The number of aromatic nitrogens is 4. The molecule has 1 saturated carbocycles. The second-order valence-corrected chi connectivity index (χ2v) is 9.14. The number of benzene rings is 3. The maximum Gasteiger partial charge on any atom is 0.150 e. The maximum absolute atomic E-state index is 5.98. The molecular formula is C28H27N7. The van der Waals surface area contributed by atoms with Gasteiger partial charge < -0.3 is 16.1 Å². The largest absolute Gasteiger partial charge is 0.382 e. The first-order chi connectivity index (χ1) is 17.2. The number of hydrogen-bond acceptors (Lipinski definition) is 5. The van der Waals surface area contributed by atoms with Crippen molar-refractivity contribution in [3.05, 3.63) is 78.5 Å². The van der Waals surface area contributed by atoms with Crippen molar-refractivity contribution in [2.45, 2.75) is 38.1 Å². The lowest BCUT2D eigenvalue weighted by Gasteiger charge is -2.25. The second kappa shape index (κ2) is 8.83. The molecule has 0 radical (unpaired) electrons. The van der Waals surface area contributed by atoms with Gasteiger partial charge in [0.15, 0.2) is 0 Å². The van der Waals surface area contributed by atoms with Crippen LogP contribution in [0.4, 0.5) is 0 Å². The fraction of sp³-hybridized carbons (Fsp3) is 0.214. The quantitative estimate of drug-likeness (QED) is 0.161. The summed E-state index contributed by atoms with van der Waals surface area (Å²) in [5.41, 5.74) is 13.4. The molecule has 1 aliphatic carbocycles. The molecule has 0 amide bonds. The first-order valence-electron chi connectivity index (χ1n) is 12.1. The van der Waals surface area contributed by atoms with E-state index in [1.54, 1.807) is 0 Å². The van der Waals surface area contributed by atoms with Crippen LogP contribution < -0.4 is 11.6 Å². The van der Waals surface area contributed by atoms with Crippen LogP contribution in [0.25, 0.3) is 44.7 Å². The van der Waals surface area contributed by atoms with Crippen molar-refractivity contribution in [2.24, 2.45) is 16.7 Å². The van der Waals surface area contributed by atoms with E-state index < -0.39 is 0 Å². The van der Waals surface area contributed by atoms with E-state index in [-0.39, 0.29) is 0 Å². The second-order valence-electron chi connectivity index (χ2n) is 9.14. The summed E-state index contributed by atoms with van der Waals surface area (Å²) in [4.78, 5) is 14.7. The molecule has 0 unspecified atom stereocenters. The predicted octanol–water partition coefficient (Wildman–Crippen LogP) is 5.40. The molecule has 2 aromatic heterocycles. The summed E-state index contributed by atoms with van der Waals surface area (Å²) in [5.74, 6) is 6.67. The number of fused-ring (bicyclic) bond motifs is 2. The van der Waals surface area contributed by atoms with E-state index in [0.717, 1.165) is 63.1 Å². The summed E-state index contributed by atoms with van der Waals surface area (Å²) in [5, 5.41) is 3.65. The Hall–Kier alpha value is -4.26. The highest BCUT2D eigenvalue weighted by molar-refractivity contribution is 6.00. The van der Waals surface area contributed by atoms with Crippen molar-refractivity contribution in [1.29, 1.82) is 0 Å². The fourth-order valence-corrected chi connectivity index (χ4v) is 5.14. The third-order valence-corrected chi connectivity index (χ3v) is 6.93. The molecule has 1 aliphatic rings. The van der Waals surface area contributed by atoms with E-state index >= 15 is 0 Å². The Kier molecular flexibility index (Phi) is 5.37. The monoisotopic (exact) mass is 461 g/mol. The molecule has 174 valence electrons. The molecule has 1 fully saturated rings. The van der Waals surface area contributed by atoms with Crippen molar-refractivity contribution in [2.75, 3.05) is 0 Å². The minimum Gasteiger partial charge on any atom is -0.382 e. The zero-order chi connectivity index (χ0) is 23.8. The van der Waals surface area contributed by atoms with Crippen molar-refractivity contribution in [3.63, 3.8) is 0 Å². The Morgan fingerprint density at radius 3 is 2.46 bits per heavy atom. The van der Waals surface area contributed by atoms with Gasteiger partial charge in [0.05, 0.1) is 34.0 Å². The van der Waals surface area contributed by atoms with Gasteiger partial charge in [0.1, 0.15) is 11.7 Å². The van der Waals surface area contributed by atoms with E-state index in [2.05, 4.69) is 27.9 Å². The van der Waals surface area contributed by atoms with Crippen LogP contribution in [0.5, 0.6) is 0 Å². The van der Waals surface area contributed by atoms with Crippen LogP contribution in [0.1, 0.15) is 43.7 Å². The summed E-state index contributed by atoms with van der Waals surface area (Å²) < 4.78 is 2.40. The van der Waals surface area contributed by atoms with E-state index in [1.807, 2.05) is 54.7 Å². The van der Waals surface area contributed by atoms with E-state index in [4.69, 9.17) is 26.5 Å². The summed E-state index contributed by atoms with van der Waals surface area (Å²) in [7, 11) is 0. The van der Waals surface area contributed by atoms with Crippen LogP contribution in [0.2, 0.25) is 0 Å². The number of rotatable bonds is 4. The summed E-state index contributed by atoms with van der Waals surface area (Å²) in [6.07, 6.45) is 7.91. The Balaban J connectivity index is 1.48. The lowest BCUT2D eigenvalue weighted by Crippen LogP contribution is -2.15. The molecule has 7 heteroatoms. The van der Waals surface area contributed by atoms with E-state index in [0.29, 0.717) is 11.9 Å². The Bertz CT molecular complexity index is 1550. The highest BCUT2D eigenvalue weighted by Gasteiger charge is 2.23. The van der Waals surface area contributed by atoms with Gasteiger partial charge in [0, 0.05) is 22.7 Å². The number of imidazole rings is 1. The Morgan fingerprint density at radius 2 is 1.66 bits per heavy atom. The minimum absolute atomic E-state index is 0.302. The molecule has 0 aliphatic heterocycles. The van der Waals surface area contributed by atoms with Gasteiger partial charge in [0.2, 0.25) is 0 Å². The van der Waals surface area contributed by atoms with Gasteiger partial charge in [-0.2, -0.15) is 5.10 Å². The third kappa shape index (κ3) is 3.89. The Labute approximate surface area is 203 Å². The minimum atomic E-state index is 0.302. The van der Waals surface area contributed by atoms with Gasteiger partial charge in [-0.3, -0.25) is 4.98 Å². The lowest BCUT2D eigenvalue weighted by molar-refractivity contribution is 0.362. The zero-order valence-corrected chi connectivity index (χ0v) is 19.4. The molecule has 0 atom stereocenters. The predicted molar refractivity (Wildman–Crippen MR) is 141 cm³/mol. The molecule has 2 heterocycles. The summed E-state index contributed by atoms with van der Waals surface area (Å²) in [6, 6.07) is 22.8. The van der Waals surface area contributed by atoms with Crippen molar-refractivity contribution < 1.29 is 0 Å². The fourth-order valence-electron chi connectivity index (χ4n) is 5.14. The van der Waals surface area contributed by atoms with E-state index in [9.17, 15) is 0 Å². The van der Waals surface area contributed by atoms with Crippen LogP contribution in [0, 0.1) is 0 Å². The molecule has 6 rings (SSSR count). The number of nitrogens with zero attached hydrogens (tertiary/aromatic N) is 5. The van der Waals surface area contributed by atoms with Crippen LogP contribution in [0.3, 0.4) is 0 Å². The molecule has 5 aromatic rings. The number of hydrazone groups is 1. The van der Waals surface area contributed by atoms with Gasteiger partial charge in [-0.25, -0.2) is 9.97 Å². The third-order valence-electron chi connectivity index (χ3n) is 6.93. The zero-order valence-electron chi connectivity index (χ0n) is 19.4. The van der Waals surface area contributed by atoms with E-state index in [1.165, 1.54) is 19.3 Å². The maximum atomic E-state index is 5.98. The number of amidine groups is 1. The highest BCUT2D eigenvalue weighted by atomic mass is 15.2. The van der Waals surface area contributed by atoms with Gasteiger partial charge in [0.25, 0.3) is 0 Å². The van der Waals surface area contributed by atoms with Gasteiger partial charge >= 0.3 is 0 Å². The molecule has 35 heavy (non-hydrogen) atoms. The first-order valence-corrected chi connectivity index (χ1v) is 12.1. The number of nitrogens with two attached hydrogens (primary N) is 2. The Morgan fingerprint density at radius 1 is 0.829 bits per heavy atom. The molecule has 0 spiro atoms. The molecule has 3 aromatic carbocycles. The van der Waals surface area contributed by atoms with Gasteiger partial charge in [-0.15, -0.1) is 0 Å². The SMILES string of the molecule is N/N=C(\N)c1ccc2c(c1)nc(-c1ccc3nc(-c4ccccc4)cnc3c1)n2C1CCCCC1. The normalized spacial score (nSPS) is 15.1. The molecule has 0 bridgehead atoms. The molecule has 4 N–H and O–H groups in total.